The monoisotopic (exact) mass is 332 g/mol. The lowest BCUT2D eigenvalue weighted by Crippen LogP contribution is -2.28. The third-order valence-electron chi connectivity index (χ3n) is 4.18. The minimum absolute atomic E-state index is 0.142. The summed E-state index contributed by atoms with van der Waals surface area (Å²) in [5, 5.41) is 13.5. The Balaban J connectivity index is 1.53. The molecule has 1 amide bonds. The highest BCUT2D eigenvalue weighted by molar-refractivity contribution is 5.99. The molecule has 2 aromatic carbocycles. The quantitative estimate of drug-likeness (QED) is 0.773. The van der Waals surface area contributed by atoms with Gasteiger partial charge in [0.15, 0.2) is 0 Å². The van der Waals surface area contributed by atoms with Crippen LogP contribution in [0, 0.1) is 0 Å². The average Bonchev–Trinajstić information content (AvgIpc) is 2.65. The van der Waals surface area contributed by atoms with Gasteiger partial charge >= 0.3 is 0 Å². The second kappa shape index (κ2) is 6.28. The van der Waals surface area contributed by atoms with Gasteiger partial charge in [-0.25, -0.2) is 0 Å². The Hall–Kier alpha value is -3.34. The van der Waals surface area contributed by atoms with E-state index in [9.17, 15) is 9.90 Å². The summed E-state index contributed by atoms with van der Waals surface area (Å²) in [6.07, 6.45) is 3.49. The summed E-state index contributed by atoms with van der Waals surface area (Å²) < 4.78 is 5.58. The number of nitrogens with one attached hydrogen (secondary N) is 1. The molecule has 0 saturated carbocycles. The van der Waals surface area contributed by atoms with Crippen molar-refractivity contribution in [3.05, 3.63) is 71.4 Å². The van der Waals surface area contributed by atoms with Crippen molar-refractivity contribution in [2.45, 2.75) is 6.54 Å². The molecule has 5 nitrogen and oxygen atoms in total. The highest BCUT2D eigenvalue weighted by Gasteiger charge is 2.17. The number of amides is 1. The Bertz CT molecular complexity index is 990. The molecule has 5 heteroatoms. The smallest absolute Gasteiger partial charge is 0.250 e. The predicted molar refractivity (Wildman–Crippen MR) is 95.2 cm³/mol. The molecule has 0 bridgehead atoms. The van der Waals surface area contributed by atoms with Gasteiger partial charge in [-0.2, -0.15) is 0 Å². The summed E-state index contributed by atoms with van der Waals surface area (Å²) in [5.74, 6) is 0.618. The van der Waals surface area contributed by atoms with Crippen molar-refractivity contribution in [3.63, 3.8) is 0 Å². The number of phenolic OH excluding ortho intramolecular Hbond substituents is 1. The van der Waals surface area contributed by atoms with Crippen LogP contribution >= 0.6 is 0 Å². The molecule has 3 aromatic rings. The van der Waals surface area contributed by atoms with Gasteiger partial charge in [0.1, 0.15) is 18.1 Å². The van der Waals surface area contributed by atoms with Crippen LogP contribution in [-0.4, -0.2) is 22.6 Å². The molecule has 0 spiro atoms. The molecule has 1 aliphatic heterocycles. The first-order chi connectivity index (χ1) is 12.2. The fourth-order valence-electron chi connectivity index (χ4n) is 2.89. The highest BCUT2D eigenvalue weighted by Crippen LogP contribution is 2.29. The number of carbonyl (C=O) groups excluding carboxylic acids is 1. The number of phenols is 1. The molecular formula is C20H16N2O3. The molecule has 4 rings (SSSR count). The van der Waals surface area contributed by atoms with E-state index in [0.29, 0.717) is 23.4 Å². The molecule has 124 valence electrons. The fourth-order valence-corrected chi connectivity index (χ4v) is 2.89. The standard InChI is InChI=1S/C20H16N2O3/c23-16-5-6-19-14(10-16)9-15(12-25-19)20(24)22-11-13-7-8-21-18-4-2-1-3-17(13)18/h1-10,23H,11-12H2,(H,22,24). The van der Waals surface area contributed by atoms with E-state index in [0.717, 1.165) is 16.5 Å². The SMILES string of the molecule is O=C(NCc1ccnc2ccccc12)C1=Cc2cc(O)ccc2OC1. The molecule has 1 aromatic heterocycles. The van der Waals surface area contributed by atoms with Crippen LogP contribution < -0.4 is 10.1 Å². The fraction of sp³-hybridized carbons (Fsp3) is 0.100. The lowest BCUT2D eigenvalue weighted by molar-refractivity contribution is -0.117. The summed E-state index contributed by atoms with van der Waals surface area (Å²) in [5.41, 5.74) is 3.13. The molecule has 0 fully saturated rings. The number of nitrogens with zero attached hydrogens (tertiary/aromatic N) is 1. The van der Waals surface area contributed by atoms with E-state index >= 15 is 0 Å². The van der Waals surface area contributed by atoms with Gasteiger partial charge < -0.3 is 15.2 Å². The van der Waals surface area contributed by atoms with Gasteiger partial charge in [-0.15, -0.1) is 0 Å². The molecular weight excluding hydrogens is 316 g/mol. The molecule has 0 aliphatic carbocycles. The summed E-state index contributed by atoms with van der Waals surface area (Å²) in [4.78, 5) is 16.8. The van der Waals surface area contributed by atoms with Crippen molar-refractivity contribution in [3.8, 4) is 11.5 Å². The van der Waals surface area contributed by atoms with Gasteiger partial charge in [-0.3, -0.25) is 9.78 Å². The van der Waals surface area contributed by atoms with Crippen LogP contribution in [0.1, 0.15) is 11.1 Å². The summed E-state index contributed by atoms with van der Waals surface area (Å²) >= 11 is 0. The number of ether oxygens (including phenoxy) is 1. The molecule has 25 heavy (non-hydrogen) atoms. The number of fused-ring (bicyclic) bond motifs is 2. The van der Waals surface area contributed by atoms with Crippen LogP contribution in [0.5, 0.6) is 11.5 Å². The number of aromatic hydroxyl groups is 1. The number of benzene rings is 2. The van der Waals surface area contributed by atoms with Gasteiger partial charge in [0, 0.05) is 23.7 Å². The Kier molecular flexibility index (Phi) is 3.82. The number of para-hydroxylation sites is 1. The molecule has 0 radical (unpaired) electrons. The van der Waals surface area contributed by atoms with Gasteiger partial charge in [0.05, 0.1) is 11.1 Å². The number of carbonyl (C=O) groups is 1. The van der Waals surface area contributed by atoms with Crippen molar-refractivity contribution < 1.29 is 14.6 Å². The minimum atomic E-state index is -0.185. The zero-order valence-electron chi connectivity index (χ0n) is 13.4. The van der Waals surface area contributed by atoms with E-state index in [1.807, 2.05) is 30.3 Å². The van der Waals surface area contributed by atoms with Crippen molar-refractivity contribution in [1.29, 1.82) is 0 Å². The number of hydrogen-bond donors (Lipinski definition) is 2. The van der Waals surface area contributed by atoms with Crippen molar-refractivity contribution in [2.75, 3.05) is 6.61 Å². The second-order valence-electron chi connectivity index (χ2n) is 5.85. The van der Waals surface area contributed by atoms with E-state index in [2.05, 4.69) is 10.3 Å². The molecule has 0 atom stereocenters. The number of pyridine rings is 1. The van der Waals surface area contributed by atoms with Crippen LogP contribution in [0.2, 0.25) is 0 Å². The number of rotatable bonds is 3. The highest BCUT2D eigenvalue weighted by atomic mass is 16.5. The van der Waals surface area contributed by atoms with Gasteiger partial charge in [0.25, 0.3) is 5.91 Å². The maximum absolute atomic E-state index is 12.5. The first-order valence-corrected chi connectivity index (χ1v) is 7.98. The molecule has 0 unspecified atom stereocenters. The molecule has 1 aliphatic rings. The largest absolute Gasteiger partial charge is 0.508 e. The van der Waals surface area contributed by atoms with Crippen molar-refractivity contribution in [1.82, 2.24) is 10.3 Å². The van der Waals surface area contributed by atoms with E-state index in [4.69, 9.17) is 4.74 Å². The van der Waals surface area contributed by atoms with Crippen molar-refractivity contribution >= 4 is 22.9 Å². The Morgan fingerprint density at radius 1 is 1.20 bits per heavy atom. The normalized spacial score (nSPS) is 12.9. The summed E-state index contributed by atoms with van der Waals surface area (Å²) in [6, 6.07) is 14.6. The van der Waals surface area contributed by atoms with Gasteiger partial charge in [0.2, 0.25) is 0 Å². The number of hydrogen-bond acceptors (Lipinski definition) is 4. The number of aromatic nitrogens is 1. The van der Waals surface area contributed by atoms with E-state index < -0.39 is 0 Å². The Morgan fingerprint density at radius 2 is 2.08 bits per heavy atom. The lowest BCUT2D eigenvalue weighted by atomic mass is 10.1. The van der Waals surface area contributed by atoms with Crippen LogP contribution in [0.25, 0.3) is 17.0 Å². The average molecular weight is 332 g/mol. The van der Waals surface area contributed by atoms with Crippen LogP contribution in [0.15, 0.2) is 60.3 Å². The molecule has 0 saturated heterocycles. The predicted octanol–water partition coefficient (Wildman–Crippen LogP) is 3.03. The molecule has 2 N–H and O–H groups in total. The third kappa shape index (κ3) is 3.04. The minimum Gasteiger partial charge on any atom is -0.508 e. The zero-order valence-corrected chi connectivity index (χ0v) is 13.4. The van der Waals surface area contributed by atoms with Gasteiger partial charge in [-0.05, 0) is 42.0 Å². The lowest BCUT2D eigenvalue weighted by Gasteiger charge is -2.18. The van der Waals surface area contributed by atoms with Crippen LogP contribution in [0.4, 0.5) is 0 Å². The third-order valence-corrected chi connectivity index (χ3v) is 4.18. The van der Waals surface area contributed by atoms with E-state index in [1.54, 1.807) is 30.5 Å². The van der Waals surface area contributed by atoms with Crippen LogP contribution in [-0.2, 0) is 11.3 Å². The Morgan fingerprint density at radius 3 is 3.00 bits per heavy atom. The molecule has 2 heterocycles. The zero-order chi connectivity index (χ0) is 17.2. The second-order valence-corrected chi connectivity index (χ2v) is 5.85. The van der Waals surface area contributed by atoms with E-state index in [-0.39, 0.29) is 18.3 Å². The topological polar surface area (TPSA) is 71.5 Å². The first kappa shape index (κ1) is 15.2. The van der Waals surface area contributed by atoms with Gasteiger partial charge in [-0.1, -0.05) is 18.2 Å². The summed E-state index contributed by atoms with van der Waals surface area (Å²) in [7, 11) is 0. The first-order valence-electron chi connectivity index (χ1n) is 7.98. The maximum Gasteiger partial charge on any atom is 0.250 e. The Labute approximate surface area is 144 Å². The van der Waals surface area contributed by atoms with E-state index in [1.165, 1.54) is 0 Å². The van der Waals surface area contributed by atoms with Crippen molar-refractivity contribution in [2.24, 2.45) is 0 Å². The van der Waals surface area contributed by atoms with Crippen LogP contribution in [0.3, 0.4) is 0 Å². The summed E-state index contributed by atoms with van der Waals surface area (Å²) in [6.45, 7) is 0.618. The maximum atomic E-state index is 12.5.